The molecular formula is C19H26F3NO. The van der Waals surface area contributed by atoms with Crippen molar-refractivity contribution in [3.8, 4) is 0 Å². The van der Waals surface area contributed by atoms with Crippen molar-refractivity contribution in [1.29, 1.82) is 0 Å². The zero-order valence-corrected chi connectivity index (χ0v) is 14.4. The summed E-state index contributed by atoms with van der Waals surface area (Å²) >= 11 is 0. The van der Waals surface area contributed by atoms with Crippen molar-refractivity contribution < 1.29 is 18.0 Å². The van der Waals surface area contributed by atoms with Crippen molar-refractivity contribution in [2.45, 2.75) is 52.1 Å². The summed E-state index contributed by atoms with van der Waals surface area (Å²) in [6.07, 6.45) is 0.477. The molecule has 0 atom stereocenters. The van der Waals surface area contributed by atoms with Crippen LogP contribution >= 0.6 is 0 Å². The molecule has 0 spiro atoms. The van der Waals surface area contributed by atoms with Gasteiger partial charge in [-0.3, -0.25) is 4.79 Å². The molecule has 24 heavy (non-hydrogen) atoms. The highest BCUT2D eigenvalue weighted by Gasteiger charge is 2.30. The van der Waals surface area contributed by atoms with Crippen LogP contribution in [-0.4, -0.2) is 18.9 Å². The predicted octanol–water partition coefficient (Wildman–Crippen LogP) is 5.32. The number of hydrogen-bond donors (Lipinski definition) is 0. The first kappa shape index (κ1) is 18.8. The van der Waals surface area contributed by atoms with Gasteiger partial charge in [-0.1, -0.05) is 13.8 Å². The summed E-state index contributed by atoms with van der Waals surface area (Å²) in [4.78, 5) is 13.8. The molecule has 1 saturated heterocycles. The molecule has 0 bridgehead atoms. The van der Waals surface area contributed by atoms with Crippen LogP contribution in [0.2, 0.25) is 0 Å². The molecule has 2 nitrogen and oxygen atoms in total. The first-order valence-corrected chi connectivity index (χ1v) is 8.72. The van der Waals surface area contributed by atoms with Gasteiger partial charge in [-0.2, -0.15) is 13.2 Å². The van der Waals surface area contributed by atoms with Crippen LogP contribution in [-0.2, 0) is 11.0 Å². The lowest BCUT2D eigenvalue weighted by Crippen LogP contribution is -2.33. The van der Waals surface area contributed by atoms with E-state index in [4.69, 9.17) is 0 Å². The number of carbonyl (C=O) groups excluding carboxylic acids is 1. The Morgan fingerprint density at radius 1 is 1.17 bits per heavy atom. The zero-order valence-electron chi connectivity index (χ0n) is 14.4. The number of piperidine rings is 1. The summed E-state index contributed by atoms with van der Waals surface area (Å²) in [5, 5.41) is 0. The van der Waals surface area contributed by atoms with E-state index in [2.05, 4.69) is 4.90 Å². The van der Waals surface area contributed by atoms with Gasteiger partial charge in [0.1, 0.15) is 5.78 Å². The SMILES string of the molecule is CC(C)C(=O)CCCC1CCN(c2ccc(C(F)(F)F)cc2)CC1. The summed E-state index contributed by atoms with van der Waals surface area (Å²) in [7, 11) is 0. The number of Topliss-reactive ketones (excluding diaryl/α,β-unsaturated/α-hetero) is 1. The topological polar surface area (TPSA) is 20.3 Å². The molecular weight excluding hydrogens is 315 g/mol. The molecule has 0 aromatic heterocycles. The fourth-order valence-electron chi connectivity index (χ4n) is 3.19. The Balaban J connectivity index is 1.77. The van der Waals surface area contributed by atoms with Gasteiger partial charge in [-0.15, -0.1) is 0 Å². The number of hydrogen-bond acceptors (Lipinski definition) is 2. The highest BCUT2D eigenvalue weighted by molar-refractivity contribution is 5.80. The van der Waals surface area contributed by atoms with Crippen molar-refractivity contribution in [3.05, 3.63) is 29.8 Å². The smallest absolute Gasteiger partial charge is 0.372 e. The Morgan fingerprint density at radius 3 is 2.25 bits per heavy atom. The molecule has 0 radical (unpaired) electrons. The van der Waals surface area contributed by atoms with Crippen LogP contribution in [0, 0.1) is 11.8 Å². The van der Waals surface area contributed by atoms with E-state index in [1.54, 1.807) is 12.1 Å². The fraction of sp³-hybridized carbons (Fsp3) is 0.632. The molecule has 0 aliphatic carbocycles. The molecule has 5 heteroatoms. The van der Waals surface area contributed by atoms with Gasteiger partial charge in [0.15, 0.2) is 0 Å². The molecule has 0 saturated carbocycles. The van der Waals surface area contributed by atoms with Gasteiger partial charge in [0, 0.05) is 31.1 Å². The van der Waals surface area contributed by atoms with E-state index in [0.717, 1.165) is 56.6 Å². The molecule has 2 rings (SSSR count). The molecule has 1 aliphatic rings. The zero-order chi connectivity index (χ0) is 17.7. The molecule has 1 aliphatic heterocycles. The number of anilines is 1. The van der Waals surface area contributed by atoms with Crippen molar-refractivity contribution >= 4 is 11.5 Å². The maximum atomic E-state index is 12.6. The van der Waals surface area contributed by atoms with E-state index in [-0.39, 0.29) is 5.92 Å². The minimum atomic E-state index is -4.28. The van der Waals surface area contributed by atoms with Crippen LogP contribution in [0.4, 0.5) is 18.9 Å². The number of ketones is 1. The Hall–Kier alpha value is -1.52. The third-order valence-corrected chi connectivity index (χ3v) is 4.85. The van der Waals surface area contributed by atoms with Crippen molar-refractivity contribution in [2.75, 3.05) is 18.0 Å². The monoisotopic (exact) mass is 341 g/mol. The van der Waals surface area contributed by atoms with Gasteiger partial charge in [0.2, 0.25) is 0 Å². The molecule has 1 fully saturated rings. The second-order valence-electron chi connectivity index (χ2n) is 6.99. The highest BCUT2D eigenvalue weighted by Crippen LogP contribution is 2.32. The second-order valence-corrected chi connectivity index (χ2v) is 6.99. The molecule has 0 amide bonds. The molecule has 1 aromatic rings. The predicted molar refractivity (Wildman–Crippen MR) is 90.1 cm³/mol. The van der Waals surface area contributed by atoms with Gasteiger partial charge in [-0.25, -0.2) is 0 Å². The summed E-state index contributed by atoms with van der Waals surface area (Å²) in [5.74, 6) is 1.07. The average Bonchev–Trinajstić information content (AvgIpc) is 2.54. The maximum Gasteiger partial charge on any atom is 0.416 e. The van der Waals surface area contributed by atoms with Crippen LogP contribution in [0.15, 0.2) is 24.3 Å². The van der Waals surface area contributed by atoms with Crippen molar-refractivity contribution in [1.82, 2.24) is 0 Å². The summed E-state index contributed by atoms with van der Waals surface area (Å²) < 4.78 is 37.8. The first-order chi connectivity index (χ1) is 11.3. The number of carbonyl (C=O) groups is 1. The number of halogens is 3. The lowest BCUT2D eigenvalue weighted by Gasteiger charge is -2.33. The summed E-state index contributed by atoms with van der Waals surface area (Å²) in [6, 6.07) is 5.42. The lowest BCUT2D eigenvalue weighted by atomic mass is 9.90. The molecule has 1 heterocycles. The number of nitrogens with zero attached hydrogens (tertiary/aromatic N) is 1. The average molecular weight is 341 g/mol. The number of rotatable bonds is 6. The Kier molecular flexibility index (Phi) is 6.30. The van der Waals surface area contributed by atoms with Gasteiger partial charge >= 0.3 is 6.18 Å². The highest BCUT2D eigenvalue weighted by atomic mass is 19.4. The van der Waals surface area contributed by atoms with E-state index >= 15 is 0 Å². The number of benzene rings is 1. The van der Waals surface area contributed by atoms with E-state index in [9.17, 15) is 18.0 Å². The largest absolute Gasteiger partial charge is 0.416 e. The van der Waals surface area contributed by atoms with E-state index in [1.165, 1.54) is 0 Å². The Labute approximate surface area is 142 Å². The lowest BCUT2D eigenvalue weighted by molar-refractivity contribution is -0.137. The maximum absolute atomic E-state index is 12.6. The Morgan fingerprint density at radius 2 is 1.75 bits per heavy atom. The third-order valence-electron chi connectivity index (χ3n) is 4.85. The van der Waals surface area contributed by atoms with Crippen LogP contribution in [0.1, 0.15) is 51.5 Å². The van der Waals surface area contributed by atoms with Gasteiger partial charge in [0.25, 0.3) is 0 Å². The Bertz CT molecular complexity index is 529. The van der Waals surface area contributed by atoms with Crippen LogP contribution < -0.4 is 4.90 Å². The molecule has 134 valence electrons. The van der Waals surface area contributed by atoms with E-state index in [1.807, 2.05) is 13.8 Å². The van der Waals surface area contributed by atoms with Gasteiger partial charge in [0.05, 0.1) is 5.56 Å². The van der Waals surface area contributed by atoms with Crippen LogP contribution in [0.25, 0.3) is 0 Å². The van der Waals surface area contributed by atoms with Gasteiger partial charge in [-0.05, 0) is 55.9 Å². The van der Waals surface area contributed by atoms with E-state index < -0.39 is 11.7 Å². The minimum Gasteiger partial charge on any atom is -0.372 e. The van der Waals surface area contributed by atoms with Crippen molar-refractivity contribution in [2.24, 2.45) is 11.8 Å². The van der Waals surface area contributed by atoms with Crippen LogP contribution in [0.3, 0.4) is 0 Å². The van der Waals surface area contributed by atoms with Crippen LogP contribution in [0.5, 0.6) is 0 Å². The molecule has 0 N–H and O–H groups in total. The minimum absolute atomic E-state index is 0.117. The summed E-state index contributed by atoms with van der Waals surface area (Å²) in [5.41, 5.74) is 0.257. The normalized spacial score (nSPS) is 16.7. The first-order valence-electron chi connectivity index (χ1n) is 8.72. The van der Waals surface area contributed by atoms with Gasteiger partial charge < -0.3 is 4.90 Å². The standard InChI is InChI=1S/C19H26F3NO/c1-14(2)18(24)5-3-4-15-10-12-23(13-11-15)17-8-6-16(7-9-17)19(20,21)22/h6-9,14-15H,3-5,10-13H2,1-2H3. The fourth-order valence-corrected chi connectivity index (χ4v) is 3.19. The third kappa shape index (κ3) is 5.25. The molecule has 1 aromatic carbocycles. The summed E-state index contributed by atoms with van der Waals surface area (Å²) in [6.45, 7) is 5.61. The quantitative estimate of drug-likeness (QED) is 0.698. The van der Waals surface area contributed by atoms with Crippen molar-refractivity contribution in [3.63, 3.8) is 0 Å². The van der Waals surface area contributed by atoms with E-state index in [0.29, 0.717) is 18.1 Å². The second kappa shape index (κ2) is 8.04. The number of alkyl halides is 3. The molecule has 0 unspecified atom stereocenters.